The highest BCUT2D eigenvalue weighted by Crippen LogP contribution is 2.32. The van der Waals surface area contributed by atoms with Crippen molar-refractivity contribution in [2.45, 2.75) is 77.5 Å². The van der Waals surface area contributed by atoms with Crippen molar-refractivity contribution in [3.63, 3.8) is 0 Å². The van der Waals surface area contributed by atoms with Gasteiger partial charge >= 0.3 is 0 Å². The van der Waals surface area contributed by atoms with Crippen LogP contribution in [0.2, 0.25) is 0 Å². The minimum atomic E-state index is -2.96. The molecule has 3 atom stereocenters. The Labute approximate surface area is 125 Å². The lowest BCUT2D eigenvalue weighted by molar-refractivity contribution is 0.282. The molecule has 20 heavy (non-hydrogen) atoms. The van der Waals surface area contributed by atoms with E-state index in [0.717, 1.165) is 32.2 Å². The van der Waals surface area contributed by atoms with Gasteiger partial charge < -0.3 is 5.32 Å². The van der Waals surface area contributed by atoms with Crippen LogP contribution in [0.1, 0.15) is 66.2 Å². The molecular formula is C16H33NO2S. The SMILES string of the molecule is CCCC1CCC(NCC)C(S(=O)(=O)CCC(C)C)C1. The average molecular weight is 304 g/mol. The van der Waals surface area contributed by atoms with Gasteiger partial charge in [0, 0.05) is 6.04 Å². The van der Waals surface area contributed by atoms with Gasteiger partial charge in [-0.2, -0.15) is 0 Å². The van der Waals surface area contributed by atoms with Gasteiger partial charge in [0.25, 0.3) is 0 Å². The highest BCUT2D eigenvalue weighted by molar-refractivity contribution is 7.92. The third kappa shape index (κ3) is 5.36. The molecule has 1 aliphatic rings. The molecule has 0 bridgehead atoms. The molecule has 0 aromatic carbocycles. The van der Waals surface area contributed by atoms with Crippen LogP contribution in [0, 0.1) is 11.8 Å². The van der Waals surface area contributed by atoms with Crippen LogP contribution in [0.4, 0.5) is 0 Å². The van der Waals surface area contributed by atoms with Crippen molar-refractivity contribution in [1.29, 1.82) is 0 Å². The number of sulfone groups is 1. The minimum absolute atomic E-state index is 0.161. The van der Waals surface area contributed by atoms with Crippen LogP contribution in [-0.4, -0.2) is 32.0 Å². The van der Waals surface area contributed by atoms with E-state index in [4.69, 9.17) is 0 Å². The molecule has 1 rings (SSSR count). The summed E-state index contributed by atoms with van der Waals surface area (Å²) in [6, 6.07) is 0.172. The summed E-state index contributed by atoms with van der Waals surface area (Å²) in [5, 5.41) is 3.25. The van der Waals surface area contributed by atoms with Gasteiger partial charge in [-0.1, -0.05) is 40.5 Å². The van der Waals surface area contributed by atoms with Crippen LogP contribution >= 0.6 is 0 Å². The molecule has 1 N–H and O–H groups in total. The van der Waals surface area contributed by atoms with Crippen LogP contribution in [0.3, 0.4) is 0 Å². The quantitative estimate of drug-likeness (QED) is 0.747. The van der Waals surface area contributed by atoms with E-state index in [1.807, 2.05) is 0 Å². The molecule has 0 saturated heterocycles. The third-order valence-corrected chi connectivity index (χ3v) is 6.75. The van der Waals surface area contributed by atoms with Gasteiger partial charge in [0.2, 0.25) is 0 Å². The molecule has 0 aromatic rings. The Morgan fingerprint density at radius 1 is 1.20 bits per heavy atom. The normalized spacial score (nSPS) is 27.9. The largest absolute Gasteiger partial charge is 0.313 e. The molecular weight excluding hydrogens is 270 g/mol. The molecule has 1 fully saturated rings. The maximum Gasteiger partial charge on any atom is 0.154 e. The van der Waals surface area contributed by atoms with E-state index in [1.165, 1.54) is 12.8 Å². The van der Waals surface area contributed by atoms with E-state index in [2.05, 4.69) is 33.0 Å². The number of rotatable bonds is 8. The van der Waals surface area contributed by atoms with E-state index in [1.54, 1.807) is 0 Å². The van der Waals surface area contributed by atoms with Gasteiger partial charge in [0.15, 0.2) is 9.84 Å². The Balaban J connectivity index is 2.76. The molecule has 3 nitrogen and oxygen atoms in total. The molecule has 0 spiro atoms. The first-order valence-corrected chi connectivity index (χ1v) is 10.1. The first-order chi connectivity index (χ1) is 9.40. The Kier molecular flexibility index (Phi) is 7.52. The van der Waals surface area contributed by atoms with Crippen LogP contribution in [-0.2, 0) is 9.84 Å². The molecule has 120 valence electrons. The fourth-order valence-corrected chi connectivity index (χ4v) is 5.73. The van der Waals surface area contributed by atoms with Gasteiger partial charge in [0.05, 0.1) is 11.0 Å². The predicted molar refractivity (Wildman–Crippen MR) is 86.7 cm³/mol. The standard InChI is InChI=1S/C16H33NO2S/c1-5-7-14-8-9-15(17-6-2)16(12-14)20(18,19)11-10-13(3)4/h13-17H,5-12H2,1-4H3. The van der Waals surface area contributed by atoms with E-state index in [0.29, 0.717) is 17.6 Å². The van der Waals surface area contributed by atoms with Crippen molar-refractivity contribution >= 4 is 9.84 Å². The fourth-order valence-electron chi connectivity index (χ4n) is 3.33. The van der Waals surface area contributed by atoms with Crippen molar-refractivity contribution in [3.05, 3.63) is 0 Å². The van der Waals surface area contributed by atoms with E-state index in [-0.39, 0.29) is 11.3 Å². The van der Waals surface area contributed by atoms with E-state index in [9.17, 15) is 8.42 Å². The summed E-state index contributed by atoms with van der Waals surface area (Å²) in [6.45, 7) is 9.31. The maximum absolute atomic E-state index is 12.7. The Morgan fingerprint density at radius 3 is 2.45 bits per heavy atom. The number of hydrogen-bond donors (Lipinski definition) is 1. The molecule has 0 aromatic heterocycles. The third-order valence-electron chi connectivity index (χ3n) is 4.50. The highest BCUT2D eigenvalue weighted by Gasteiger charge is 2.37. The van der Waals surface area contributed by atoms with Crippen LogP contribution in [0.25, 0.3) is 0 Å². The summed E-state index contributed by atoms with van der Waals surface area (Å²) in [7, 11) is -2.96. The second kappa shape index (κ2) is 8.38. The maximum atomic E-state index is 12.7. The summed E-state index contributed by atoms with van der Waals surface area (Å²) >= 11 is 0. The molecule has 0 aliphatic heterocycles. The monoisotopic (exact) mass is 303 g/mol. The Morgan fingerprint density at radius 2 is 1.90 bits per heavy atom. The van der Waals surface area contributed by atoms with Crippen LogP contribution < -0.4 is 5.32 Å². The fraction of sp³-hybridized carbons (Fsp3) is 1.00. The second-order valence-corrected chi connectivity index (χ2v) is 9.06. The summed E-state index contributed by atoms with van der Waals surface area (Å²) in [6.07, 6.45) is 6.19. The van der Waals surface area contributed by atoms with Crippen LogP contribution in [0.5, 0.6) is 0 Å². The first-order valence-electron chi connectivity index (χ1n) is 8.35. The van der Waals surface area contributed by atoms with Crippen molar-refractivity contribution in [3.8, 4) is 0 Å². The van der Waals surface area contributed by atoms with E-state index >= 15 is 0 Å². The van der Waals surface area contributed by atoms with Crippen molar-refractivity contribution in [2.75, 3.05) is 12.3 Å². The molecule has 4 heteroatoms. The zero-order valence-corrected chi connectivity index (χ0v) is 14.5. The zero-order chi connectivity index (χ0) is 15.2. The summed E-state index contributed by atoms with van der Waals surface area (Å²) in [4.78, 5) is 0. The molecule has 0 amide bonds. The van der Waals surface area contributed by atoms with Gasteiger partial charge in [-0.25, -0.2) is 8.42 Å². The first kappa shape index (κ1) is 18.0. The van der Waals surface area contributed by atoms with Gasteiger partial charge in [-0.05, 0) is 44.1 Å². The predicted octanol–water partition coefficient (Wildman–Crippen LogP) is 3.39. The molecule has 1 saturated carbocycles. The lowest BCUT2D eigenvalue weighted by Gasteiger charge is -2.36. The topological polar surface area (TPSA) is 46.2 Å². The summed E-state index contributed by atoms with van der Waals surface area (Å²) in [5.74, 6) is 1.42. The van der Waals surface area contributed by atoms with Crippen molar-refractivity contribution < 1.29 is 8.42 Å². The lowest BCUT2D eigenvalue weighted by Crippen LogP contribution is -2.48. The van der Waals surface area contributed by atoms with Gasteiger partial charge in [0.1, 0.15) is 0 Å². The molecule has 0 heterocycles. The van der Waals surface area contributed by atoms with Crippen molar-refractivity contribution in [1.82, 2.24) is 5.32 Å². The van der Waals surface area contributed by atoms with Crippen LogP contribution in [0.15, 0.2) is 0 Å². The summed E-state index contributed by atoms with van der Waals surface area (Å²) in [5.41, 5.74) is 0. The lowest BCUT2D eigenvalue weighted by atomic mass is 9.83. The Bertz CT molecular complexity index is 365. The Hall–Kier alpha value is -0.0900. The molecule has 0 radical (unpaired) electrons. The number of hydrogen-bond acceptors (Lipinski definition) is 3. The highest BCUT2D eigenvalue weighted by atomic mass is 32.2. The van der Waals surface area contributed by atoms with Crippen molar-refractivity contribution in [2.24, 2.45) is 11.8 Å². The molecule has 3 unspecified atom stereocenters. The minimum Gasteiger partial charge on any atom is -0.313 e. The summed E-state index contributed by atoms with van der Waals surface area (Å²) < 4.78 is 25.4. The second-order valence-electron chi connectivity index (χ2n) is 6.72. The zero-order valence-electron chi connectivity index (χ0n) is 13.7. The van der Waals surface area contributed by atoms with Gasteiger partial charge in [-0.3, -0.25) is 0 Å². The van der Waals surface area contributed by atoms with Gasteiger partial charge in [-0.15, -0.1) is 0 Å². The average Bonchev–Trinajstić information content (AvgIpc) is 2.39. The molecule has 1 aliphatic carbocycles. The number of nitrogens with one attached hydrogen (secondary N) is 1. The smallest absolute Gasteiger partial charge is 0.154 e. The van der Waals surface area contributed by atoms with E-state index < -0.39 is 9.84 Å².